The molecule has 0 bridgehead atoms. The van der Waals surface area contributed by atoms with Crippen molar-refractivity contribution in [2.24, 2.45) is 7.05 Å². The second kappa shape index (κ2) is 11.1. The highest BCUT2D eigenvalue weighted by Crippen LogP contribution is 2.29. The third-order valence-electron chi connectivity index (χ3n) is 5.86. The highest BCUT2D eigenvalue weighted by atomic mass is 19.3. The fourth-order valence-electron chi connectivity index (χ4n) is 4.01. The molecule has 0 radical (unpaired) electrons. The predicted octanol–water partition coefficient (Wildman–Crippen LogP) is 4.61. The maximum absolute atomic E-state index is 14.6. The number of rotatable bonds is 5. The molecular formula is C28H19F4N3O3. The Hall–Kier alpha value is -4.83. The van der Waals surface area contributed by atoms with Crippen LogP contribution in [0.2, 0.25) is 0 Å². The van der Waals surface area contributed by atoms with Gasteiger partial charge in [0.2, 0.25) is 0 Å². The molecule has 0 amide bonds. The average Bonchev–Trinajstić information content (AvgIpc) is 3.34. The molecule has 0 aliphatic carbocycles. The maximum atomic E-state index is 14.6. The van der Waals surface area contributed by atoms with E-state index in [1.54, 1.807) is 6.07 Å². The van der Waals surface area contributed by atoms with Crippen molar-refractivity contribution >= 4 is 11.5 Å². The zero-order chi connectivity index (χ0) is 27.4. The largest absolute Gasteiger partial charge is 0.465 e. The smallest absolute Gasteiger partial charge is 0.339 e. The van der Waals surface area contributed by atoms with E-state index in [9.17, 15) is 27.2 Å². The van der Waals surface area contributed by atoms with Crippen molar-refractivity contribution in [1.82, 2.24) is 14.2 Å². The number of carbonyl (C=O) groups is 1. The van der Waals surface area contributed by atoms with Gasteiger partial charge in [0.25, 0.3) is 12.0 Å². The number of carbonyl (C=O) groups excluding carboxylic acids is 1. The number of aryl methyl sites for hydroxylation is 1. The van der Waals surface area contributed by atoms with Crippen LogP contribution in [0.5, 0.6) is 0 Å². The number of methoxy groups -OCH3 is 1. The van der Waals surface area contributed by atoms with Gasteiger partial charge in [-0.15, -0.1) is 0 Å². The lowest BCUT2D eigenvalue weighted by molar-refractivity contribution is 0.0600. The number of halogens is 4. The number of alkyl halides is 2. The molecule has 0 fully saturated rings. The fraction of sp³-hybridized carbons (Fsp3) is 0.179. The first-order valence-corrected chi connectivity index (χ1v) is 11.2. The first-order valence-electron chi connectivity index (χ1n) is 11.2. The number of benzene rings is 1. The van der Waals surface area contributed by atoms with Gasteiger partial charge in [-0.1, -0.05) is 12.0 Å². The third kappa shape index (κ3) is 5.16. The van der Waals surface area contributed by atoms with Crippen molar-refractivity contribution < 1.29 is 27.1 Å². The van der Waals surface area contributed by atoms with E-state index < -0.39 is 41.1 Å². The Morgan fingerprint density at radius 3 is 2.61 bits per heavy atom. The molecule has 3 heterocycles. The monoisotopic (exact) mass is 521 g/mol. The summed E-state index contributed by atoms with van der Waals surface area (Å²) < 4.78 is 63.0. The number of nitrogens with zero attached hydrogens (tertiary/aromatic N) is 3. The van der Waals surface area contributed by atoms with E-state index in [1.165, 1.54) is 40.7 Å². The van der Waals surface area contributed by atoms with Crippen LogP contribution in [0.1, 0.15) is 51.4 Å². The number of hydrogen-bond acceptors (Lipinski definition) is 4. The SMILES string of the molecule is COC(=O)c1ccn2ncc(C(F)F)c2c1C#CC#CCC(c1cc(F)ccc1F)c1cccn(C)c1=O. The zero-order valence-electron chi connectivity index (χ0n) is 20.1. The van der Waals surface area contributed by atoms with E-state index in [0.717, 1.165) is 31.5 Å². The molecule has 1 unspecified atom stereocenters. The van der Waals surface area contributed by atoms with Crippen molar-refractivity contribution in [1.29, 1.82) is 0 Å². The van der Waals surface area contributed by atoms with Gasteiger partial charge in [0.05, 0.1) is 35.5 Å². The van der Waals surface area contributed by atoms with Crippen molar-refractivity contribution in [2.45, 2.75) is 18.8 Å². The molecule has 4 aromatic rings. The minimum atomic E-state index is -2.87. The summed E-state index contributed by atoms with van der Waals surface area (Å²) in [6.45, 7) is 0. The number of aromatic nitrogens is 3. The molecule has 3 aromatic heterocycles. The molecule has 1 aromatic carbocycles. The molecule has 192 valence electrons. The first kappa shape index (κ1) is 26.2. The highest BCUT2D eigenvalue weighted by molar-refractivity contribution is 5.95. The van der Waals surface area contributed by atoms with Crippen molar-refractivity contribution in [3.05, 3.63) is 105 Å². The Labute approximate surface area is 214 Å². The van der Waals surface area contributed by atoms with Gasteiger partial charge < -0.3 is 9.30 Å². The summed E-state index contributed by atoms with van der Waals surface area (Å²) in [6.07, 6.45) is 0.879. The lowest BCUT2D eigenvalue weighted by atomic mass is 9.89. The van der Waals surface area contributed by atoms with Crippen LogP contribution in [-0.2, 0) is 11.8 Å². The van der Waals surface area contributed by atoms with Crippen molar-refractivity contribution in [3.8, 4) is 23.7 Å². The van der Waals surface area contributed by atoms with E-state index in [2.05, 4.69) is 28.8 Å². The molecule has 4 rings (SSSR count). The normalized spacial score (nSPS) is 11.4. The minimum absolute atomic E-state index is 0.0471. The van der Waals surface area contributed by atoms with Gasteiger partial charge in [0.15, 0.2) is 0 Å². The summed E-state index contributed by atoms with van der Waals surface area (Å²) >= 11 is 0. The van der Waals surface area contributed by atoms with Crippen molar-refractivity contribution in [3.63, 3.8) is 0 Å². The molecule has 0 saturated carbocycles. The maximum Gasteiger partial charge on any atom is 0.339 e. The van der Waals surface area contributed by atoms with Gasteiger partial charge in [-0.25, -0.2) is 26.9 Å². The molecule has 10 heteroatoms. The number of pyridine rings is 2. The van der Waals surface area contributed by atoms with Crippen LogP contribution in [0.15, 0.2) is 59.8 Å². The highest BCUT2D eigenvalue weighted by Gasteiger charge is 2.23. The topological polar surface area (TPSA) is 65.6 Å². The minimum Gasteiger partial charge on any atom is -0.465 e. The van der Waals surface area contributed by atoms with Gasteiger partial charge >= 0.3 is 5.97 Å². The Balaban J connectivity index is 1.77. The molecule has 0 spiro atoms. The number of esters is 1. The fourth-order valence-corrected chi connectivity index (χ4v) is 4.01. The number of ether oxygens (including phenoxy) is 1. The zero-order valence-corrected chi connectivity index (χ0v) is 20.1. The van der Waals surface area contributed by atoms with E-state index in [-0.39, 0.29) is 34.2 Å². The lowest BCUT2D eigenvalue weighted by Crippen LogP contribution is -2.23. The molecule has 1 atom stereocenters. The standard InChI is InChI=1S/C28H19F4N3O3/c1-34-13-6-9-20(27(34)36)18(22-15-17(29)10-11-24(22)30)7-4-3-5-8-19-21(28(37)38-2)12-14-35-25(19)23(16-33-35)26(31)32/h6,9-16,18,26H,7H2,1-2H3. The Kier molecular flexibility index (Phi) is 7.63. The molecule has 0 saturated heterocycles. The molecule has 38 heavy (non-hydrogen) atoms. The van der Waals surface area contributed by atoms with Gasteiger partial charge in [-0.2, -0.15) is 5.10 Å². The van der Waals surface area contributed by atoms with E-state index in [1.807, 2.05) is 0 Å². The molecular weight excluding hydrogens is 502 g/mol. The molecule has 0 aliphatic rings. The van der Waals surface area contributed by atoms with Crippen LogP contribution in [0.4, 0.5) is 17.6 Å². The second-order valence-electron chi connectivity index (χ2n) is 8.14. The average molecular weight is 521 g/mol. The summed E-state index contributed by atoms with van der Waals surface area (Å²) in [5.41, 5.74) is -0.826. The van der Waals surface area contributed by atoms with Gasteiger partial charge in [-0.05, 0) is 53.7 Å². The van der Waals surface area contributed by atoms with E-state index >= 15 is 0 Å². The van der Waals surface area contributed by atoms with Gasteiger partial charge in [0.1, 0.15) is 11.6 Å². The number of hydrogen-bond donors (Lipinski definition) is 0. The Morgan fingerprint density at radius 1 is 1.08 bits per heavy atom. The van der Waals surface area contributed by atoms with Crippen LogP contribution in [0.3, 0.4) is 0 Å². The van der Waals surface area contributed by atoms with E-state index in [0.29, 0.717) is 0 Å². The van der Waals surface area contributed by atoms with Gasteiger partial charge in [0, 0.05) is 37.3 Å². The van der Waals surface area contributed by atoms with Crippen LogP contribution in [0, 0.1) is 35.3 Å². The van der Waals surface area contributed by atoms with Crippen LogP contribution in [0.25, 0.3) is 5.52 Å². The van der Waals surface area contributed by atoms with Crippen LogP contribution >= 0.6 is 0 Å². The third-order valence-corrected chi connectivity index (χ3v) is 5.86. The first-order chi connectivity index (χ1) is 18.2. The summed E-state index contributed by atoms with van der Waals surface area (Å²) in [6, 6.07) is 7.41. The summed E-state index contributed by atoms with van der Waals surface area (Å²) in [4.78, 5) is 25.0. The van der Waals surface area contributed by atoms with Crippen molar-refractivity contribution in [2.75, 3.05) is 7.11 Å². The molecule has 0 aliphatic heterocycles. The lowest BCUT2D eigenvalue weighted by Gasteiger charge is -2.16. The summed E-state index contributed by atoms with van der Waals surface area (Å²) in [7, 11) is 2.68. The Morgan fingerprint density at radius 2 is 1.87 bits per heavy atom. The molecule has 6 nitrogen and oxygen atoms in total. The van der Waals surface area contributed by atoms with Gasteiger partial charge in [-0.3, -0.25) is 4.79 Å². The van der Waals surface area contributed by atoms with Crippen LogP contribution in [-0.4, -0.2) is 27.3 Å². The number of fused-ring (bicyclic) bond motifs is 1. The van der Waals surface area contributed by atoms with Crippen LogP contribution < -0.4 is 5.56 Å². The second-order valence-corrected chi connectivity index (χ2v) is 8.14. The van der Waals surface area contributed by atoms with E-state index in [4.69, 9.17) is 4.74 Å². The quantitative estimate of drug-likeness (QED) is 0.219. The Bertz CT molecular complexity index is 1720. The molecule has 0 N–H and O–H groups in total. The summed E-state index contributed by atoms with van der Waals surface area (Å²) in [5.74, 6) is 7.38. The predicted molar refractivity (Wildman–Crippen MR) is 131 cm³/mol. The summed E-state index contributed by atoms with van der Waals surface area (Å²) in [5, 5.41) is 3.88.